The average Bonchev–Trinajstić information content (AvgIpc) is 3.29. The number of ether oxygens (including phenoxy) is 2. The number of hydrogen-bond donors (Lipinski definition) is 0. The van der Waals surface area contributed by atoms with Crippen LogP contribution >= 0.6 is 11.3 Å². The van der Waals surface area contributed by atoms with Crippen LogP contribution in [-0.2, 0) is 11.2 Å². The topological polar surface area (TPSA) is 67.8 Å². The van der Waals surface area contributed by atoms with Gasteiger partial charge in [-0.3, -0.25) is 9.69 Å². The molecule has 26 heavy (non-hydrogen) atoms. The molecule has 2 aliphatic rings. The van der Waals surface area contributed by atoms with Crippen LogP contribution in [0.1, 0.15) is 30.5 Å². The second-order valence-electron chi connectivity index (χ2n) is 6.67. The van der Waals surface area contributed by atoms with Crippen LogP contribution in [0.3, 0.4) is 0 Å². The Labute approximate surface area is 156 Å². The molecule has 138 valence electrons. The highest BCUT2D eigenvalue weighted by Crippen LogP contribution is 2.35. The molecule has 3 heterocycles. The molecule has 1 saturated heterocycles. The molecule has 0 bridgehead atoms. The van der Waals surface area contributed by atoms with Gasteiger partial charge in [-0.1, -0.05) is 17.4 Å². The van der Waals surface area contributed by atoms with Crippen molar-refractivity contribution in [3.63, 3.8) is 0 Å². The number of ketones is 1. The molecular formula is C18H22N4O3S. The minimum absolute atomic E-state index is 0.120. The van der Waals surface area contributed by atoms with Gasteiger partial charge in [0.05, 0.1) is 6.42 Å². The molecule has 4 rings (SSSR count). The zero-order valence-electron chi connectivity index (χ0n) is 15.0. The van der Waals surface area contributed by atoms with Gasteiger partial charge in [0.25, 0.3) is 0 Å². The number of carbonyl (C=O) groups is 1. The molecule has 2 aromatic rings. The summed E-state index contributed by atoms with van der Waals surface area (Å²) in [5.41, 5.74) is 1.24. The first-order chi connectivity index (χ1) is 12.6. The number of hydrogen-bond acceptors (Lipinski definition) is 8. The lowest BCUT2D eigenvalue weighted by Gasteiger charge is -2.38. The molecule has 8 heteroatoms. The number of aromatic nitrogens is 2. The molecular weight excluding hydrogens is 352 g/mol. The highest BCUT2D eigenvalue weighted by atomic mass is 32.1. The molecule has 1 aromatic carbocycles. The van der Waals surface area contributed by atoms with Crippen molar-refractivity contribution in [3.8, 4) is 11.5 Å². The highest BCUT2D eigenvalue weighted by molar-refractivity contribution is 7.15. The molecule has 0 radical (unpaired) electrons. The van der Waals surface area contributed by atoms with Crippen LogP contribution in [-0.4, -0.2) is 53.9 Å². The SMILES string of the molecule is CC(=O)Cc1nnc(N2CCN([C@@H](C)c3ccc4c(c3)OCO4)CC2)s1. The predicted molar refractivity (Wildman–Crippen MR) is 99.1 cm³/mol. The van der Waals surface area contributed by atoms with E-state index < -0.39 is 0 Å². The van der Waals surface area contributed by atoms with Gasteiger partial charge in [0.15, 0.2) is 11.5 Å². The van der Waals surface area contributed by atoms with Crippen molar-refractivity contribution in [2.75, 3.05) is 37.9 Å². The third-order valence-corrected chi connectivity index (χ3v) is 5.85. The van der Waals surface area contributed by atoms with Gasteiger partial charge in [-0.05, 0) is 31.5 Å². The van der Waals surface area contributed by atoms with Gasteiger partial charge in [0, 0.05) is 32.2 Å². The summed E-state index contributed by atoms with van der Waals surface area (Å²) in [6.45, 7) is 7.83. The molecule has 0 unspecified atom stereocenters. The first-order valence-corrected chi connectivity index (χ1v) is 9.62. The van der Waals surface area contributed by atoms with E-state index in [2.05, 4.69) is 39.1 Å². The Bertz CT molecular complexity index is 801. The molecule has 0 saturated carbocycles. The van der Waals surface area contributed by atoms with Gasteiger partial charge in [0.2, 0.25) is 11.9 Å². The van der Waals surface area contributed by atoms with E-state index in [1.165, 1.54) is 16.9 Å². The Morgan fingerprint density at radius 2 is 1.96 bits per heavy atom. The molecule has 0 N–H and O–H groups in total. The maximum Gasteiger partial charge on any atom is 0.231 e. The van der Waals surface area contributed by atoms with Crippen LogP contribution in [0.5, 0.6) is 11.5 Å². The third-order valence-electron chi connectivity index (χ3n) is 4.87. The number of piperazine rings is 1. The lowest BCUT2D eigenvalue weighted by molar-refractivity contribution is -0.116. The Hall–Kier alpha value is -2.19. The van der Waals surface area contributed by atoms with Gasteiger partial charge in [0.1, 0.15) is 10.8 Å². The summed E-state index contributed by atoms with van der Waals surface area (Å²) in [6, 6.07) is 6.50. The van der Waals surface area contributed by atoms with E-state index >= 15 is 0 Å². The number of nitrogens with zero attached hydrogens (tertiary/aromatic N) is 4. The lowest BCUT2D eigenvalue weighted by atomic mass is 10.1. The maximum atomic E-state index is 11.2. The number of benzene rings is 1. The summed E-state index contributed by atoms with van der Waals surface area (Å²) in [7, 11) is 0. The molecule has 0 amide bonds. The Morgan fingerprint density at radius 3 is 2.73 bits per heavy atom. The van der Waals surface area contributed by atoms with Crippen LogP contribution in [0.25, 0.3) is 0 Å². The van der Waals surface area contributed by atoms with Crippen molar-refractivity contribution in [1.29, 1.82) is 0 Å². The molecule has 2 aliphatic heterocycles. The van der Waals surface area contributed by atoms with Gasteiger partial charge >= 0.3 is 0 Å². The lowest BCUT2D eigenvalue weighted by Crippen LogP contribution is -2.47. The van der Waals surface area contributed by atoms with Crippen LogP contribution in [0.15, 0.2) is 18.2 Å². The summed E-state index contributed by atoms with van der Waals surface area (Å²) in [6.07, 6.45) is 0.374. The molecule has 7 nitrogen and oxygen atoms in total. The fourth-order valence-corrected chi connectivity index (χ4v) is 4.30. The zero-order chi connectivity index (χ0) is 18.1. The summed E-state index contributed by atoms with van der Waals surface area (Å²) in [4.78, 5) is 15.9. The van der Waals surface area contributed by atoms with Gasteiger partial charge in [-0.15, -0.1) is 10.2 Å². The van der Waals surface area contributed by atoms with E-state index in [1.54, 1.807) is 6.92 Å². The van der Waals surface area contributed by atoms with Gasteiger partial charge < -0.3 is 14.4 Å². The summed E-state index contributed by atoms with van der Waals surface area (Å²) in [5, 5.41) is 10.1. The van der Waals surface area contributed by atoms with Crippen LogP contribution < -0.4 is 14.4 Å². The first-order valence-electron chi connectivity index (χ1n) is 8.80. The second kappa shape index (κ2) is 7.20. The third kappa shape index (κ3) is 3.52. The van der Waals surface area contributed by atoms with Gasteiger partial charge in [-0.2, -0.15) is 0 Å². The van der Waals surface area contributed by atoms with E-state index in [0.29, 0.717) is 19.3 Å². The summed E-state index contributed by atoms with van der Waals surface area (Å²) < 4.78 is 10.9. The molecule has 1 fully saturated rings. The smallest absolute Gasteiger partial charge is 0.231 e. The van der Waals surface area contributed by atoms with Gasteiger partial charge in [-0.25, -0.2) is 0 Å². The number of anilines is 1. The standard InChI is InChI=1S/C18H22N4O3S/c1-12(23)9-17-19-20-18(26-17)22-7-5-21(6-8-22)13(2)14-3-4-15-16(10-14)25-11-24-15/h3-4,10,13H,5-9,11H2,1-2H3/t13-/m0/s1. The Morgan fingerprint density at radius 1 is 1.19 bits per heavy atom. The molecule has 1 aromatic heterocycles. The largest absolute Gasteiger partial charge is 0.454 e. The minimum atomic E-state index is 0.120. The van der Waals surface area contributed by atoms with Crippen molar-refractivity contribution < 1.29 is 14.3 Å². The van der Waals surface area contributed by atoms with E-state index in [9.17, 15) is 4.79 Å². The van der Waals surface area contributed by atoms with Crippen LogP contribution in [0.2, 0.25) is 0 Å². The van der Waals surface area contributed by atoms with Crippen molar-refractivity contribution >= 4 is 22.3 Å². The van der Waals surface area contributed by atoms with Crippen molar-refractivity contribution in [2.24, 2.45) is 0 Å². The minimum Gasteiger partial charge on any atom is -0.454 e. The van der Waals surface area contributed by atoms with Crippen LogP contribution in [0.4, 0.5) is 5.13 Å². The average molecular weight is 374 g/mol. The predicted octanol–water partition coefficient (Wildman–Crippen LogP) is 2.28. The normalized spacial score (nSPS) is 18.2. The van der Waals surface area contributed by atoms with E-state index in [0.717, 1.165) is 47.8 Å². The quantitative estimate of drug-likeness (QED) is 0.795. The number of Topliss-reactive ketones (excluding diaryl/α,β-unsaturated/α-hetero) is 1. The summed E-state index contributed by atoms with van der Waals surface area (Å²) in [5.74, 6) is 1.78. The molecule has 1 atom stereocenters. The van der Waals surface area contributed by atoms with E-state index in [4.69, 9.17) is 9.47 Å². The Balaban J connectivity index is 1.37. The maximum absolute atomic E-state index is 11.2. The van der Waals surface area contributed by atoms with E-state index in [1.807, 2.05) is 6.07 Å². The summed E-state index contributed by atoms with van der Waals surface area (Å²) >= 11 is 1.52. The Kier molecular flexibility index (Phi) is 4.78. The number of carbonyl (C=O) groups excluding carboxylic acids is 1. The zero-order valence-corrected chi connectivity index (χ0v) is 15.8. The number of rotatable bonds is 5. The van der Waals surface area contributed by atoms with Crippen molar-refractivity contribution in [1.82, 2.24) is 15.1 Å². The molecule has 0 spiro atoms. The number of fused-ring (bicyclic) bond motifs is 1. The fourth-order valence-electron chi connectivity index (χ4n) is 3.34. The van der Waals surface area contributed by atoms with Crippen molar-refractivity contribution in [3.05, 3.63) is 28.8 Å². The fraction of sp³-hybridized carbons (Fsp3) is 0.500. The monoisotopic (exact) mass is 374 g/mol. The second-order valence-corrected chi connectivity index (χ2v) is 7.71. The van der Waals surface area contributed by atoms with Crippen LogP contribution in [0, 0.1) is 0 Å². The highest BCUT2D eigenvalue weighted by Gasteiger charge is 2.25. The van der Waals surface area contributed by atoms with E-state index in [-0.39, 0.29) is 5.78 Å². The first kappa shape index (κ1) is 17.2. The molecule has 0 aliphatic carbocycles. The van der Waals surface area contributed by atoms with Crippen molar-refractivity contribution in [2.45, 2.75) is 26.3 Å².